The minimum absolute atomic E-state index is 0.0794. The number of esters is 1. The lowest BCUT2D eigenvalue weighted by Crippen LogP contribution is -2.35. The topological polar surface area (TPSA) is 75.7 Å². The zero-order valence-electron chi connectivity index (χ0n) is 12.8. The Morgan fingerprint density at radius 3 is 2.55 bits per heavy atom. The monoisotopic (exact) mass is 304 g/mol. The molecule has 1 aromatic rings. The summed E-state index contributed by atoms with van der Waals surface area (Å²) in [5.41, 5.74) is 0.767. The molecule has 0 atom stereocenters. The summed E-state index contributed by atoms with van der Waals surface area (Å²) in [6, 6.07) is 7.00. The van der Waals surface area contributed by atoms with Crippen molar-refractivity contribution in [3.8, 4) is 0 Å². The van der Waals surface area contributed by atoms with Gasteiger partial charge in [0, 0.05) is 25.9 Å². The number of benzene rings is 1. The largest absolute Gasteiger partial charge is 0.465 e. The van der Waals surface area contributed by atoms with Crippen LogP contribution in [0.15, 0.2) is 24.3 Å². The molecular formula is C16H20N2O4. The zero-order valence-corrected chi connectivity index (χ0v) is 12.8. The van der Waals surface area contributed by atoms with Crippen molar-refractivity contribution in [3.05, 3.63) is 29.8 Å². The smallest absolute Gasteiger partial charge is 0.339 e. The van der Waals surface area contributed by atoms with Crippen LogP contribution in [0.5, 0.6) is 0 Å². The molecule has 0 aromatic heterocycles. The molecule has 22 heavy (non-hydrogen) atoms. The summed E-state index contributed by atoms with van der Waals surface area (Å²) in [5.74, 6) is -0.816. The zero-order chi connectivity index (χ0) is 16.1. The molecule has 0 heterocycles. The van der Waals surface area contributed by atoms with Crippen molar-refractivity contribution in [2.45, 2.75) is 32.2 Å². The molecule has 2 rings (SSSR count). The van der Waals surface area contributed by atoms with Gasteiger partial charge >= 0.3 is 5.97 Å². The molecule has 1 aliphatic rings. The first-order valence-electron chi connectivity index (χ1n) is 7.27. The van der Waals surface area contributed by atoms with Crippen LogP contribution in [0, 0.1) is 0 Å². The van der Waals surface area contributed by atoms with Crippen LogP contribution in [0.2, 0.25) is 0 Å². The Morgan fingerprint density at radius 2 is 1.95 bits per heavy atom. The predicted octanol–water partition coefficient (Wildman–Crippen LogP) is 1.49. The summed E-state index contributed by atoms with van der Waals surface area (Å²) < 4.78 is 4.74. The maximum Gasteiger partial charge on any atom is 0.339 e. The number of carbonyl (C=O) groups is 3. The van der Waals surface area contributed by atoms with Crippen LogP contribution >= 0.6 is 0 Å². The highest BCUT2D eigenvalue weighted by molar-refractivity contribution is 6.02. The molecule has 0 unspecified atom stereocenters. The average Bonchev–Trinajstić information content (AvgIpc) is 3.30. The fourth-order valence-electron chi connectivity index (χ4n) is 2.18. The van der Waals surface area contributed by atoms with E-state index >= 15 is 0 Å². The van der Waals surface area contributed by atoms with Crippen molar-refractivity contribution < 1.29 is 19.1 Å². The molecule has 2 amide bonds. The van der Waals surface area contributed by atoms with Crippen LogP contribution < -0.4 is 10.2 Å². The Bertz CT molecular complexity index is 581. The number of carbonyl (C=O) groups excluding carboxylic acids is 3. The van der Waals surface area contributed by atoms with Gasteiger partial charge in [0.05, 0.1) is 18.4 Å². The first-order valence-corrected chi connectivity index (χ1v) is 7.27. The standard InChI is InChI=1S/C16H20N2O4/c1-11(19)18(10-9-15(20)17-12-7-8-12)14-6-4-3-5-13(14)16(21)22-2/h3-6,12H,7-10H2,1-2H3,(H,17,20). The summed E-state index contributed by atoms with van der Waals surface area (Å²) in [6.07, 6.45) is 2.24. The molecule has 0 spiro atoms. The van der Waals surface area contributed by atoms with Crippen molar-refractivity contribution in [1.82, 2.24) is 5.32 Å². The Labute approximate surface area is 129 Å². The number of para-hydroxylation sites is 1. The second-order valence-electron chi connectivity index (χ2n) is 5.27. The molecule has 1 saturated carbocycles. The maximum absolute atomic E-state index is 11.9. The molecule has 6 nitrogen and oxygen atoms in total. The average molecular weight is 304 g/mol. The van der Waals surface area contributed by atoms with Gasteiger partial charge in [0.15, 0.2) is 0 Å². The molecule has 0 saturated heterocycles. The predicted molar refractivity (Wildman–Crippen MR) is 81.6 cm³/mol. The molecule has 1 fully saturated rings. The van der Waals surface area contributed by atoms with Crippen LogP contribution in [0.3, 0.4) is 0 Å². The molecule has 1 N–H and O–H groups in total. The molecule has 6 heteroatoms. The Balaban J connectivity index is 2.11. The van der Waals surface area contributed by atoms with E-state index in [9.17, 15) is 14.4 Å². The van der Waals surface area contributed by atoms with Gasteiger partial charge in [0.25, 0.3) is 0 Å². The first kappa shape index (κ1) is 16.0. The highest BCUT2D eigenvalue weighted by Gasteiger charge is 2.24. The van der Waals surface area contributed by atoms with Gasteiger partial charge in [0.1, 0.15) is 0 Å². The normalized spacial score (nSPS) is 13.4. The number of ether oxygens (including phenoxy) is 1. The number of methoxy groups -OCH3 is 1. The van der Waals surface area contributed by atoms with Gasteiger partial charge in [-0.2, -0.15) is 0 Å². The second-order valence-corrected chi connectivity index (χ2v) is 5.27. The Morgan fingerprint density at radius 1 is 1.27 bits per heavy atom. The van der Waals surface area contributed by atoms with E-state index in [0.29, 0.717) is 17.3 Å². The fraction of sp³-hybridized carbons (Fsp3) is 0.438. The van der Waals surface area contributed by atoms with E-state index in [1.54, 1.807) is 24.3 Å². The van der Waals surface area contributed by atoms with E-state index in [0.717, 1.165) is 12.8 Å². The number of nitrogens with zero attached hydrogens (tertiary/aromatic N) is 1. The lowest BCUT2D eigenvalue weighted by atomic mass is 10.1. The number of amides is 2. The van der Waals surface area contributed by atoms with Gasteiger partial charge in [-0.15, -0.1) is 0 Å². The van der Waals surface area contributed by atoms with Gasteiger partial charge in [-0.05, 0) is 25.0 Å². The van der Waals surface area contributed by atoms with E-state index in [2.05, 4.69) is 5.32 Å². The van der Waals surface area contributed by atoms with Gasteiger partial charge in [-0.1, -0.05) is 12.1 Å². The number of nitrogens with one attached hydrogen (secondary N) is 1. The number of hydrogen-bond donors (Lipinski definition) is 1. The molecule has 1 aliphatic carbocycles. The van der Waals surface area contributed by atoms with Gasteiger partial charge in [-0.25, -0.2) is 4.79 Å². The summed E-state index contributed by atoms with van der Waals surface area (Å²) in [4.78, 5) is 36.9. The van der Waals surface area contributed by atoms with E-state index in [-0.39, 0.29) is 24.8 Å². The molecule has 0 radical (unpaired) electrons. The summed E-state index contributed by atoms with van der Waals surface area (Å²) in [5, 5.41) is 2.88. The Kier molecular flexibility index (Phi) is 5.14. The first-order chi connectivity index (χ1) is 10.5. The van der Waals surface area contributed by atoms with Crippen molar-refractivity contribution in [2.75, 3.05) is 18.6 Å². The molecule has 0 bridgehead atoms. The van der Waals surface area contributed by atoms with Crippen molar-refractivity contribution in [3.63, 3.8) is 0 Å². The van der Waals surface area contributed by atoms with Gasteiger partial charge in [-0.3, -0.25) is 9.59 Å². The highest BCUT2D eigenvalue weighted by atomic mass is 16.5. The highest BCUT2D eigenvalue weighted by Crippen LogP contribution is 2.22. The fourth-order valence-corrected chi connectivity index (χ4v) is 2.18. The summed E-state index contributed by atoms with van der Waals surface area (Å²) in [7, 11) is 1.29. The van der Waals surface area contributed by atoms with Gasteiger partial charge < -0.3 is 15.0 Å². The maximum atomic E-state index is 11.9. The van der Waals surface area contributed by atoms with Crippen molar-refractivity contribution >= 4 is 23.5 Å². The van der Waals surface area contributed by atoms with Gasteiger partial charge in [0.2, 0.25) is 11.8 Å². The van der Waals surface area contributed by atoms with Crippen molar-refractivity contribution in [2.24, 2.45) is 0 Å². The molecular weight excluding hydrogens is 284 g/mol. The van der Waals surface area contributed by atoms with Crippen molar-refractivity contribution in [1.29, 1.82) is 0 Å². The van der Waals surface area contributed by atoms with E-state index in [4.69, 9.17) is 4.74 Å². The minimum atomic E-state index is -0.510. The molecule has 0 aliphatic heterocycles. The molecule has 1 aromatic carbocycles. The minimum Gasteiger partial charge on any atom is -0.465 e. The lowest BCUT2D eigenvalue weighted by Gasteiger charge is -2.23. The second kappa shape index (κ2) is 7.06. The lowest BCUT2D eigenvalue weighted by molar-refractivity contribution is -0.121. The van der Waals surface area contributed by atoms with E-state index in [1.165, 1.54) is 18.9 Å². The van der Waals surface area contributed by atoms with Crippen LogP contribution in [-0.4, -0.2) is 37.5 Å². The molecule has 118 valence electrons. The Hall–Kier alpha value is -2.37. The third kappa shape index (κ3) is 4.07. The van der Waals surface area contributed by atoms with E-state index < -0.39 is 5.97 Å². The third-order valence-electron chi connectivity index (χ3n) is 3.49. The van der Waals surface area contributed by atoms with Crippen LogP contribution in [0.1, 0.15) is 36.5 Å². The SMILES string of the molecule is COC(=O)c1ccccc1N(CCC(=O)NC1CC1)C(C)=O. The van der Waals surface area contributed by atoms with Crippen LogP contribution in [-0.2, 0) is 14.3 Å². The van der Waals surface area contributed by atoms with E-state index in [1.807, 2.05) is 0 Å². The number of hydrogen-bond acceptors (Lipinski definition) is 4. The quantitative estimate of drug-likeness (QED) is 0.808. The number of rotatable bonds is 6. The summed E-state index contributed by atoms with van der Waals surface area (Å²) in [6.45, 7) is 1.63. The van der Waals surface area contributed by atoms with Crippen LogP contribution in [0.25, 0.3) is 0 Å². The summed E-state index contributed by atoms with van der Waals surface area (Å²) >= 11 is 0. The van der Waals surface area contributed by atoms with Crippen LogP contribution in [0.4, 0.5) is 5.69 Å². The number of anilines is 1. The third-order valence-corrected chi connectivity index (χ3v) is 3.49.